The van der Waals surface area contributed by atoms with Crippen LogP contribution in [0.15, 0.2) is 30.3 Å². The minimum atomic E-state index is -1.07. The molecule has 6 nitrogen and oxygen atoms in total. The van der Waals surface area contributed by atoms with Crippen molar-refractivity contribution >= 4 is 17.8 Å². The molecule has 0 aliphatic carbocycles. The van der Waals surface area contributed by atoms with Crippen molar-refractivity contribution in [1.82, 2.24) is 10.2 Å². The van der Waals surface area contributed by atoms with Crippen molar-refractivity contribution in [2.45, 2.75) is 31.7 Å². The summed E-state index contributed by atoms with van der Waals surface area (Å²) < 4.78 is 0. The number of nitrogens with one attached hydrogen (secondary N) is 1. The van der Waals surface area contributed by atoms with Gasteiger partial charge in [-0.25, -0.2) is 4.79 Å². The van der Waals surface area contributed by atoms with Crippen LogP contribution in [0, 0.1) is 0 Å². The van der Waals surface area contributed by atoms with Crippen LogP contribution in [0.3, 0.4) is 0 Å². The number of carboxylic acids is 1. The fourth-order valence-electron chi connectivity index (χ4n) is 1.94. The SMILES string of the molecule is CN(C)C(=O)CCCC(=O)N[C@@H](Cc1ccccc1)C(=O)O. The number of carbonyl (C=O) groups excluding carboxylic acids is 2. The molecule has 0 fully saturated rings. The maximum absolute atomic E-state index is 11.8. The van der Waals surface area contributed by atoms with Gasteiger partial charge in [-0.05, 0) is 12.0 Å². The molecule has 1 rings (SSSR count). The smallest absolute Gasteiger partial charge is 0.326 e. The largest absolute Gasteiger partial charge is 0.480 e. The highest BCUT2D eigenvalue weighted by atomic mass is 16.4. The molecule has 0 saturated carbocycles. The van der Waals surface area contributed by atoms with Gasteiger partial charge in [0.05, 0.1) is 0 Å². The van der Waals surface area contributed by atoms with Crippen LogP contribution in [0.2, 0.25) is 0 Å². The van der Waals surface area contributed by atoms with Gasteiger partial charge in [-0.2, -0.15) is 0 Å². The molecule has 120 valence electrons. The van der Waals surface area contributed by atoms with Crippen molar-refractivity contribution in [3.63, 3.8) is 0 Å². The lowest BCUT2D eigenvalue weighted by molar-refractivity contribution is -0.141. The summed E-state index contributed by atoms with van der Waals surface area (Å²) in [6.45, 7) is 0. The third-order valence-corrected chi connectivity index (χ3v) is 3.21. The Kier molecular flexibility index (Phi) is 7.08. The first-order chi connectivity index (χ1) is 10.4. The molecule has 6 heteroatoms. The first-order valence-corrected chi connectivity index (χ1v) is 7.16. The maximum atomic E-state index is 11.8. The van der Waals surface area contributed by atoms with Crippen LogP contribution in [0.25, 0.3) is 0 Å². The zero-order chi connectivity index (χ0) is 16.5. The molecule has 2 amide bonds. The summed E-state index contributed by atoms with van der Waals surface area (Å²) in [6, 6.07) is 8.17. The molecule has 0 unspecified atom stereocenters. The zero-order valence-corrected chi connectivity index (χ0v) is 12.9. The third kappa shape index (κ3) is 6.39. The molecule has 1 aromatic carbocycles. The molecule has 1 atom stereocenters. The van der Waals surface area contributed by atoms with Gasteiger partial charge in [-0.15, -0.1) is 0 Å². The number of carboxylic acid groups (broad SMARTS) is 1. The number of benzene rings is 1. The second kappa shape index (κ2) is 8.81. The summed E-state index contributed by atoms with van der Waals surface area (Å²) in [4.78, 5) is 35.9. The van der Waals surface area contributed by atoms with E-state index in [0.717, 1.165) is 5.56 Å². The molecule has 0 spiro atoms. The fourth-order valence-corrected chi connectivity index (χ4v) is 1.94. The number of amides is 2. The van der Waals surface area contributed by atoms with Crippen molar-refractivity contribution in [3.05, 3.63) is 35.9 Å². The molecule has 1 aromatic rings. The van der Waals surface area contributed by atoms with Gasteiger partial charge in [0.1, 0.15) is 6.04 Å². The molecule has 0 aliphatic heterocycles. The lowest BCUT2D eigenvalue weighted by Gasteiger charge is -2.15. The topological polar surface area (TPSA) is 86.7 Å². The summed E-state index contributed by atoms with van der Waals surface area (Å²) in [6.07, 6.45) is 1.05. The van der Waals surface area contributed by atoms with Crippen LogP contribution in [-0.4, -0.2) is 47.9 Å². The van der Waals surface area contributed by atoms with Gasteiger partial charge in [0.25, 0.3) is 0 Å². The van der Waals surface area contributed by atoms with Crippen molar-refractivity contribution < 1.29 is 19.5 Å². The fraction of sp³-hybridized carbons (Fsp3) is 0.438. The number of nitrogens with zero attached hydrogens (tertiary/aromatic N) is 1. The van der Waals surface area contributed by atoms with Gasteiger partial charge in [0.2, 0.25) is 11.8 Å². The Morgan fingerprint density at radius 2 is 1.77 bits per heavy atom. The van der Waals surface area contributed by atoms with Crippen molar-refractivity contribution in [3.8, 4) is 0 Å². The van der Waals surface area contributed by atoms with E-state index in [1.807, 2.05) is 30.3 Å². The number of carbonyl (C=O) groups is 3. The molecule has 0 radical (unpaired) electrons. The van der Waals surface area contributed by atoms with E-state index in [0.29, 0.717) is 6.42 Å². The maximum Gasteiger partial charge on any atom is 0.326 e. The minimum Gasteiger partial charge on any atom is -0.480 e. The average molecular weight is 306 g/mol. The second-order valence-corrected chi connectivity index (χ2v) is 5.29. The predicted octanol–water partition coefficient (Wildman–Crippen LogP) is 1.06. The van der Waals surface area contributed by atoms with Crippen LogP contribution in [0.1, 0.15) is 24.8 Å². The summed E-state index contributed by atoms with van der Waals surface area (Å²) in [7, 11) is 3.31. The van der Waals surface area contributed by atoms with Gasteiger partial charge >= 0.3 is 5.97 Å². The molecule has 0 saturated heterocycles. The molecule has 0 aliphatic rings. The molecule has 2 N–H and O–H groups in total. The number of hydrogen-bond donors (Lipinski definition) is 2. The van der Waals surface area contributed by atoms with E-state index >= 15 is 0 Å². The van der Waals surface area contributed by atoms with Gasteiger partial charge < -0.3 is 15.3 Å². The number of aliphatic carboxylic acids is 1. The highest BCUT2D eigenvalue weighted by Crippen LogP contribution is 2.05. The van der Waals surface area contributed by atoms with E-state index in [2.05, 4.69) is 5.32 Å². The van der Waals surface area contributed by atoms with Crippen LogP contribution in [0.4, 0.5) is 0 Å². The molecular weight excluding hydrogens is 284 g/mol. The Bertz CT molecular complexity index is 514. The Morgan fingerprint density at radius 1 is 1.14 bits per heavy atom. The van der Waals surface area contributed by atoms with Gasteiger partial charge in [0.15, 0.2) is 0 Å². The molecule has 22 heavy (non-hydrogen) atoms. The molecular formula is C16H22N2O4. The van der Waals surface area contributed by atoms with Crippen molar-refractivity contribution in [2.75, 3.05) is 14.1 Å². The molecule has 0 aromatic heterocycles. The van der Waals surface area contributed by atoms with E-state index in [9.17, 15) is 19.5 Å². The minimum absolute atomic E-state index is 0.0492. The van der Waals surface area contributed by atoms with Crippen molar-refractivity contribution in [2.24, 2.45) is 0 Å². The van der Waals surface area contributed by atoms with E-state index in [1.165, 1.54) is 4.90 Å². The normalized spacial score (nSPS) is 11.5. The second-order valence-electron chi connectivity index (χ2n) is 5.29. The number of rotatable bonds is 8. The highest BCUT2D eigenvalue weighted by molar-refractivity contribution is 5.84. The summed E-state index contributed by atoms with van der Waals surface area (Å²) in [5, 5.41) is 11.7. The van der Waals surface area contributed by atoms with Crippen LogP contribution in [-0.2, 0) is 20.8 Å². The average Bonchev–Trinajstić information content (AvgIpc) is 2.47. The van der Waals surface area contributed by atoms with Crippen LogP contribution in [0.5, 0.6) is 0 Å². The van der Waals surface area contributed by atoms with E-state index in [-0.39, 0.29) is 31.1 Å². The van der Waals surface area contributed by atoms with Gasteiger partial charge in [0, 0.05) is 33.4 Å². The monoisotopic (exact) mass is 306 g/mol. The number of hydrogen-bond acceptors (Lipinski definition) is 3. The standard InChI is InChI=1S/C16H22N2O4/c1-18(2)15(20)10-6-9-14(19)17-13(16(21)22)11-12-7-4-3-5-8-12/h3-5,7-8,13H,6,9-11H2,1-2H3,(H,17,19)(H,21,22)/t13-/m0/s1. The van der Waals surface area contributed by atoms with Crippen LogP contribution < -0.4 is 5.32 Å². The first-order valence-electron chi connectivity index (χ1n) is 7.16. The quantitative estimate of drug-likeness (QED) is 0.752. The predicted molar refractivity (Wildman–Crippen MR) is 82.3 cm³/mol. The van der Waals surface area contributed by atoms with E-state index in [1.54, 1.807) is 14.1 Å². The summed E-state index contributed by atoms with van der Waals surface area (Å²) in [5.41, 5.74) is 0.845. The zero-order valence-electron chi connectivity index (χ0n) is 12.9. The lowest BCUT2D eigenvalue weighted by Crippen LogP contribution is -2.42. The van der Waals surface area contributed by atoms with E-state index < -0.39 is 12.0 Å². The Balaban J connectivity index is 2.44. The first kappa shape index (κ1) is 17.7. The van der Waals surface area contributed by atoms with Gasteiger partial charge in [-0.3, -0.25) is 9.59 Å². The van der Waals surface area contributed by atoms with E-state index in [4.69, 9.17) is 0 Å². The van der Waals surface area contributed by atoms with Gasteiger partial charge in [-0.1, -0.05) is 30.3 Å². The molecule has 0 bridgehead atoms. The summed E-state index contributed by atoms with van der Waals surface area (Å²) >= 11 is 0. The third-order valence-electron chi connectivity index (χ3n) is 3.21. The Morgan fingerprint density at radius 3 is 2.32 bits per heavy atom. The van der Waals surface area contributed by atoms with Crippen molar-refractivity contribution in [1.29, 1.82) is 0 Å². The lowest BCUT2D eigenvalue weighted by atomic mass is 10.1. The Hall–Kier alpha value is -2.37. The Labute approximate surface area is 130 Å². The summed E-state index contributed by atoms with van der Waals surface area (Å²) in [5.74, 6) is -1.47. The highest BCUT2D eigenvalue weighted by Gasteiger charge is 2.20. The van der Waals surface area contributed by atoms with Crippen LogP contribution >= 0.6 is 0 Å². The molecule has 0 heterocycles.